The van der Waals surface area contributed by atoms with Gasteiger partial charge in [-0.15, -0.1) is 0 Å². The van der Waals surface area contributed by atoms with Crippen molar-refractivity contribution in [2.75, 3.05) is 19.3 Å². The first-order chi connectivity index (χ1) is 12.2. The molecule has 1 saturated heterocycles. The topological polar surface area (TPSA) is 69.0 Å². The van der Waals surface area contributed by atoms with Crippen LogP contribution in [0.4, 0.5) is 0 Å². The molecular formula is C18H22N4O2S. The van der Waals surface area contributed by atoms with Crippen LogP contribution in [0, 0.1) is 0 Å². The summed E-state index contributed by atoms with van der Waals surface area (Å²) in [4.78, 5) is 20.8. The summed E-state index contributed by atoms with van der Waals surface area (Å²) in [5.41, 5.74) is 4.39. The lowest BCUT2D eigenvalue weighted by molar-refractivity contribution is -0.131. The van der Waals surface area contributed by atoms with Gasteiger partial charge in [0.25, 0.3) is 0 Å². The summed E-state index contributed by atoms with van der Waals surface area (Å²) >= 11 is 1.55. The summed E-state index contributed by atoms with van der Waals surface area (Å²) in [6.45, 7) is 3.47. The fourth-order valence-electron chi connectivity index (χ4n) is 3.80. The summed E-state index contributed by atoms with van der Waals surface area (Å²) in [5, 5.41) is 4.19. The van der Waals surface area contributed by atoms with Gasteiger partial charge in [0.15, 0.2) is 10.9 Å². The Morgan fingerprint density at radius 3 is 2.88 bits per heavy atom. The number of ether oxygens (including phenoxy) is 1. The number of esters is 1. The van der Waals surface area contributed by atoms with E-state index >= 15 is 0 Å². The Hall–Kier alpha value is -1.86. The van der Waals surface area contributed by atoms with Crippen molar-refractivity contribution in [1.29, 1.82) is 0 Å². The van der Waals surface area contributed by atoms with Gasteiger partial charge in [-0.25, -0.2) is 9.97 Å². The molecule has 0 spiro atoms. The summed E-state index contributed by atoms with van der Waals surface area (Å²) < 4.78 is 7.83. The fourth-order valence-corrected chi connectivity index (χ4v) is 4.14. The zero-order valence-electron chi connectivity index (χ0n) is 14.5. The van der Waals surface area contributed by atoms with Gasteiger partial charge in [0, 0.05) is 30.9 Å². The number of aromatic nitrogens is 3. The van der Waals surface area contributed by atoms with Crippen LogP contribution in [0.2, 0.25) is 0 Å². The van der Waals surface area contributed by atoms with Gasteiger partial charge in [0.05, 0.1) is 11.4 Å². The SMILES string of the molecule is CSc1ncc2c(n1)-c1c(c(OC(C)=O)cn1C1CCNCC1)CC2. The Kier molecular flexibility index (Phi) is 4.52. The predicted octanol–water partition coefficient (Wildman–Crippen LogP) is 2.62. The minimum absolute atomic E-state index is 0.274. The molecule has 1 N–H and O–H groups in total. The van der Waals surface area contributed by atoms with E-state index in [1.54, 1.807) is 11.8 Å². The maximum Gasteiger partial charge on any atom is 0.308 e. The summed E-state index contributed by atoms with van der Waals surface area (Å²) in [5.74, 6) is 0.416. The molecule has 4 rings (SSSR count). The van der Waals surface area contributed by atoms with Crippen molar-refractivity contribution in [2.45, 2.75) is 43.8 Å². The number of thioether (sulfide) groups is 1. The zero-order valence-corrected chi connectivity index (χ0v) is 15.4. The Morgan fingerprint density at radius 1 is 1.36 bits per heavy atom. The minimum Gasteiger partial charge on any atom is -0.425 e. The van der Waals surface area contributed by atoms with Crippen LogP contribution in [0.5, 0.6) is 5.75 Å². The van der Waals surface area contributed by atoms with E-state index in [9.17, 15) is 4.79 Å². The average Bonchev–Trinajstić information content (AvgIpc) is 3.00. The van der Waals surface area contributed by atoms with Gasteiger partial charge in [-0.1, -0.05) is 11.8 Å². The molecule has 2 aromatic heterocycles. The lowest BCUT2D eigenvalue weighted by atomic mass is 9.94. The van der Waals surface area contributed by atoms with Crippen molar-refractivity contribution >= 4 is 17.7 Å². The quantitative estimate of drug-likeness (QED) is 0.517. The summed E-state index contributed by atoms with van der Waals surface area (Å²) in [7, 11) is 0. The number of piperidine rings is 1. The molecule has 2 aromatic rings. The molecule has 0 aromatic carbocycles. The Bertz CT molecular complexity index is 812. The Balaban J connectivity index is 1.87. The maximum atomic E-state index is 11.6. The number of nitrogens with zero attached hydrogens (tertiary/aromatic N) is 3. The highest BCUT2D eigenvalue weighted by molar-refractivity contribution is 7.98. The normalized spacial score (nSPS) is 17.0. The largest absolute Gasteiger partial charge is 0.425 e. The molecule has 0 atom stereocenters. The van der Waals surface area contributed by atoms with Gasteiger partial charge < -0.3 is 14.6 Å². The van der Waals surface area contributed by atoms with E-state index in [1.807, 2.05) is 18.6 Å². The molecule has 1 aliphatic carbocycles. The van der Waals surface area contributed by atoms with Crippen molar-refractivity contribution in [3.8, 4) is 17.1 Å². The van der Waals surface area contributed by atoms with Gasteiger partial charge in [-0.05, 0) is 50.6 Å². The fraction of sp³-hybridized carbons (Fsp3) is 0.500. The molecule has 3 heterocycles. The lowest BCUT2D eigenvalue weighted by Gasteiger charge is -2.27. The molecule has 1 fully saturated rings. The van der Waals surface area contributed by atoms with Crippen LogP contribution in [-0.4, -0.2) is 39.8 Å². The van der Waals surface area contributed by atoms with E-state index in [0.717, 1.165) is 60.9 Å². The third-order valence-corrected chi connectivity index (χ3v) is 5.51. The Morgan fingerprint density at radius 2 is 2.16 bits per heavy atom. The first kappa shape index (κ1) is 16.6. The molecule has 132 valence electrons. The number of carbonyl (C=O) groups excluding carboxylic acids is 1. The zero-order chi connectivity index (χ0) is 17.4. The number of fused-ring (bicyclic) bond motifs is 3. The second kappa shape index (κ2) is 6.80. The van der Waals surface area contributed by atoms with Crippen LogP contribution in [0.3, 0.4) is 0 Å². The standard InChI is InChI=1S/C18H22N4O2S/c1-11(23)24-15-10-22(13-5-7-19-8-6-13)17-14(15)4-3-12-9-20-18(25-2)21-16(12)17/h9-10,13,19H,3-8H2,1-2H3. The van der Waals surface area contributed by atoms with Gasteiger partial charge in [0.2, 0.25) is 0 Å². The highest BCUT2D eigenvalue weighted by atomic mass is 32.2. The van der Waals surface area contributed by atoms with Gasteiger partial charge in [0.1, 0.15) is 0 Å². The molecular weight excluding hydrogens is 336 g/mol. The molecule has 0 saturated carbocycles. The highest BCUT2D eigenvalue weighted by Gasteiger charge is 2.30. The van der Waals surface area contributed by atoms with E-state index in [-0.39, 0.29) is 5.97 Å². The van der Waals surface area contributed by atoms with Crippen LogP contribution in [0.25, 0.3) is 11.4 Å². The molecule has 0 amide bonds. The number of aryl methyl sites for hydroxylation is 1. The van der Waals surface area contributed by atoms with Crippen LogP contribution in [0.1, 0.15) is 36.9 Å². The van der Waals surface area contributed by atoms with Gasteiger partial charge in [-0.3, -0.25) is 4.79 Å². The molecule has 2 aliphatic rings. The maximum absolute atomic E-state index is 11.6. The number of nitrogens with one attached hydrogen (secondary N) is 1. The first-order valence-corrected chi connectivity index (χ1v) is 9.93. The molecule has 0 radical (unpaired) electrons. The van der Waals surface area contributed by atoms with Crippen molar-refractivity contribution in [3.05, 3.63) is 23.5 Å². The molecule has 0 bridgehead atoms. The monoisotopic (exact) mass is 358 g/mol. The highest BCUT2D eigenvalue weighted by Crippen LogP contribution is 2.42. The second-order valence-corrected chi connectivity index (χ2v) is 7.31. The van der Waals surface area contributed by atoms with E-state index < -0.39 is 0 Å². The number of rotatable bonds is 3. The van der Waals surface area contributed by atoms with E-state index in [2.05, 4.69) is 14.9 Å². The average molecular weight is 358 g/mol. The van der Waals surface area contributed by atoms with Crippen LogP contribution < -0.4 is 10.1 Å². The van der Waals surface area contributed by atoms with Crippen molar-refractivity contribution in [2.24, 2.45) is 0 Å². The van der Waals surface area contributed by atoms with E-state index in [1.165, 1.54) is 12.5 Å². The van der Waals surface area contributed by atoms with Crippen molar-refractivity contribution in [3.63, 3.8) is 0 Å². The third kappa shape index (κ3) is 3.06. The molecule has 7 heteroatoms. The smallest absolute Gasteiger partial charge is 0.308 e. The number of carbonyl (C=O) groups is 1. The summed E-state index contributed by atoms with van der Waals surface area (Å²) in [6, 6.07) is 0.401. The molecule has 0 unspecified atom stereocenters. The lowest BCUT2D eigenvalue weighted by Crippen LogP contribution is -2.29. The second-order valence-electron chi connectivity index (χ2n) is 6.53. The van der Waals surface area contributed by atoms with Gasteiger partial charge in [-0.2, -0.15) is 0 Å². The van der Waals surface area contributed by atoms with Gasteiger partial charge >= 0.3 is 5.97 Å². The van der Waals surface area contributed by atoms with E-state index in [4.69, 9.17) is 9.72 Å². The van der Waals surface area contributed by atoms with Crippen LogP contribution in [-0.2, 0) is 17.6 Å². The van der Waals surface area contributed by atoms with Crippen LogP contribution in [0.15, 0.2) is 17.6 Å². The predicted molar refractivity (Wildman–Crippen MR) is 97.1 cm³/mol. The van der Waals surface area contributed by atoms with Crippen molar-refractivity contribution < 1.29 is 9.53 Å². The molecule has 25 heavy (non-hydrogen) atoms. The number of hydrogen-bond acceptors (Lipinski definition) is 6. The van der Waals surface area contributed by atoms with Crippen LogP contribution >= 0.6 is 11.8 Å². The minimum atomic E-state index is -0.274. The van der Waals surface area contributed by atoms with Crippen molar-refractivity contribution in [1.82, 2.24) is 19.9 Å². The molecule has 1 aliphatic heterocycles. The summed E-state index contributed by atoms with van der Waals surface area (Å²) in [6.07, 6.45) is 9.81. The third-order valence-electron chi connectivity index (χ3n) is 4.95. The molecule has 6 nitrogen and oxygen atoms in total. The first-order valence-electron chi connectivity index (χ1n) is 8.70. The Labute approximate surface area is 151 Å². The number of hydrogen-bond donors (Lipinski definition) is 1. The van der Waals surface area contributed by atoms with E-state index in [0.29, 0.717) is 11.8 Å².